The lowest BCUT2D eigenvalue weighted by molar-refractivity contribution is 0.586. The number of fused-ring (bicyclic) bond motifs is 1. The molecule has 6 heteroatoms. The predicted molar refractivity (Wildman–Crippen MR) is 81.5 cm³/mol. The van der Waals surface area contributed by atoms with Crippen molar-refractivity contribution in [3.8, 4) is 0 Å². The summed E-state index contributed by atoms with van der Waals surface area (Å²) in [4.78, 5) is 0. The fraction of sp³-hybridized carbons (Fsp3) is 0.286. The molecule has 2 heterocycles. The molecule has 0 aliphatic carbocycles. The Morgan fingerprint density at radius 2 is 2.15 bits per heavy atom. The molecule has 1 aromatic carbocycles. The highest BCUT2D eigenvalue weighted by molar-refractivity contribution is 7.94. The molecule has 0 fully saturated rings. The Bertz CT molecular complexity index is 737. The van der Waals surface area contributed by atoms with Gasteiger partial charge in [-0.2, -0.15) is 0 Å². The second kappa shape index (κ2) is 4.87. The predicted octanol–water partition coefficient (Wildman–Crippen LogP) is 2.35. The van der Waals surface area contributed by atoms with Crippen molar-refractivity contribution in [2.45, 2.75) is 30.1 Å². The van der Waals surface area contributed by atoms with E-state index in [1.165, 1.54) is 15.6 Å². The maximum absolute atomic E-state index is 12.8. The first kappa shape index (κ1) is 13.6. The van der Waals surface area contributed by atoms with Crippen LogP contribution in [0.3, 0.4) is 0 Å². The molecule has 106 valence electrons. The first-order valence-electron chi connectivity index (χ1n) is 6.44. The Morgan fingerprint density at radius 3 is 2.85 bits per heavy atom. The summed E-state index contributed by atoms with van der Waals surface area (Å²) < 4.78 is 27.6. The lowest BCUT2D eigenvalue weighted by Crippen LogP contribution is -2.35. The van der Waals surface area contributed by atoms with Crippen molar-refractivity contribution in [3.63, 3.8) is 0 Å². The average molecular weight is 308 g/mol. The van der Waals surface area contributed by atoms with Gasteiger partial charge in [-0.05, 0) is 42.0 Å². The van der Waals surface area contributed by atoms with Gasteiger partial charge >= 0.3 is 0 Å². The van der Waals surface area contributed by atoms with Crippen LogP contribution in [0.1, 0.15) is 18.1 Å². The van der Waals surface area contributed by atoms with Gasteiger partial charge < -0.3 is 5.73 Å². The lowest BCUT2D eigenvalue weighted by atomic mass is 10.1. The Balaban J connectivity index is 2.07. The largest absolute Gasteiger partial charge is 0.326 e. The van der Waals surface area contributed by atoms with Crippen LogP contribution in [0.4, 0.5) is 5.69 Å². The van der Waals surface area contributed by atoms with Crippen molar-refractivity contribution in [1.82, 2.24) is 0 Å². The summed E-state index contributed by atoms with van der Waals surface area (Å²) in [7, 11) is -3.49. The molecule has 0 saturated heterocycles. The van der Waals surface area contributed by atoms with E-state index in [1.54, 1.807) is 11.4 Å². The van der Waals surface area contributed by atoms with Gasteiger partial charge in [0, 0.05) is 12.6 Å². The molecule has 1 aliphatic heterocycles. The highest BCUT2D eigenvalue weighted by Gasteiger charge is 2.36. The van der Waals surface area contributed by atoms with E-state index in [0.717, 1.165) is 23.2 Å². The van der Waals surface area contributed by atoms with Gasteiger partial charge in [-0.25, -0.2) is 8.42 Å². The quantitative estimate of drug-likeness (QED) is 0.946. The molecule has 0 radical (unpaired) electrons. The topological polar surface area (TPSA) is 63.4 Å². The Labute approximate surface area is 122 Å². The van der Waals surface area contributed by atoms with E-state index in [-0.39, 0.29) is 6.04 Å². The third-order valence-electron chi connectivity index (χ3n) is 3.52. The third-order valence-corrected chi connectivity index (χ3v) is 6.92. The Hall–Kier alpha value is -1.37. The summed E-state index contributed by atoms with van der Waals surface area (Å²) in [5, 5.41) is 1.81. The molecule has 0 spiro atoms. The summed E-state index contributed by atoms with van der Waals surface area (Å²) in [5.41, 5.74) is 8.29. The second-order valence-electron chi connectivity index (χ2n) is 4.96. The van der Waals surface area contributed by atoms with Gasteiger partial charge in [0.25, 0.3) is 10.0 Å². The van der Waals surface area contributed by atoms with Crippen LogP contribution in [0.25, 0.3) is 0 Å². The minimum absolute atomic E-state index is 0.0548. The van der Waals surface area contributed by atoms with Gasteiger partial charge in [-0.1, -0.05) is 18.2 Å². The van der Waals surface area contributed by atoms with E-state index in [9.17, 15) is 8.42 Å². The van der Waals surface area contributed by atoms with Crippen LogP contribution in [-0.4, -0.2) is 14.5 Å². The minimum Gasteiger partial charge on any atom is -0.326 e. The van der Waals surface area contributed by atoms with Gasteiger partial charge in [-0.3, -0.25) is 4.31 Å². The maximum atomic E-state index is 12.8. The summed E-state index contributed by atoms with van der Waals surface area (Å²) in [6, 6.07) is 9.29. The number of benzene rings is 1. The summed E-state index contributed by atoms with van der Waals surface area (Å²) >= 11 is 1.23. The number of thiophene rings is 1. The summed E-state index contributed by atoms with van der Waals surface area (Å²) in [6.45, 7) is 2.30. The van der Waals surface area contributed by atoms with Crippen molar-refractivity contribution in [3.05, 3.63) is 46.8 Å². The SMILES string of the molecule is CC1Cc2ccccc2N1S(=O)(=O)c1cc(CN)cs1. The van der Waals surface area contributed by atoms with Gasteiger partial charge in [-0.15, -0.1) is 11.3 Å². The molecule has 2 N–H and O–H groups in total. The van der Waals surface area contributed by atoms with Crippen LogP contribution >= 0.6 is 11.3 Å². The van der Waals surface area contributed by atoms with E-state index < -0.39 is 10.0 Å². The zero-order valence-corrected chi connectivity index (χ0v) is 12.7. The van der Waals surface area contributed by atoms with E-state index in [4.69, 9.17) is 5.73 Å². The molecular formula is C14H16N2O2S2. The molecule has 2 aromatic rings. The smallest absolute Gasteiger partial charge is 0.274 e. The van der Waals surface area contributed by atoms with Crippen LogP contribution in [0.5, 0.6) is 0 Å². The molecule has 1 aromatic heterocycles. The van der Waals surface area contributed by atoms with Gasteiger partial charge in [0.15, 0.2) is 0 Å². The van der Waals surface area contributed by atoms with E-state index in [2.05, 4.69) is 0 Å². The Kier molecular flexibility index (Phi) is 3.32. The second-order valence-corrected chi connectivity index (χ2v) is 7.91. The number of hydrogen-bond acceptors (Lipinski definition) is 4. The van der Waals surface area contributed by atoms with E-state index in [0.29, 0.717) is 10.8 Å². The normalized spacial score (nSPS) is 18.3. The summed E-state index contributed by atoms with van der Waals surface area (Å²) in [6.07, 6.45) is 0.754. The van der Waals surface area contributed by atoms with Gasteiger partial charge in [0.2, 0.25) is 0 Å². The third kappa shape index (κ3) is 2.04. The van der Waals surface area contributed by atoms with Crippen molar-refractivity contribution in [2.75, 3.05) is 4.31 Å². The van der Waals surface area contributed by atoms with Crippen LogP contribution < -0.4 is 10.0 Å². The molecule has 0 amide bonds. The number of sulfonamides is 1. The number of para-hydroxylation sites is 1. The lowest BCUT2D eigenvalue weighted by Gasteiger charge is -2.23. The molecule has 4 nitrogen and oxygen atoms in total. The van der Waals surface area contributed by atoms with Crippen LogP contribution in [0, 0.1) is 0 Å². The van der Waals surface area contributed by atoms with Crippen molar-refractivity contribution in [1.29, 1.82) is 0 Å². The van der Waals surface area contributed by atoms with Gasteiger partial charge in [0.05, 0.1) is 5.69 Å². The van der Waals surface area contributed by atoms with Crippen LogP contribution in [-0.2, 0) is 23.0 Å². The van der Waals surface area contributed by atoms with E-state index in [1.807, 2.05) is 31.2 Å². The van der Waals surface area contributed by atoms with Gasteiger partial charge in [0.1, 0.15) is 4.21 Å². The zero-order chi connectivity index (χ0) is 14.3. The average Bonchev–Trinajstić information content (AvgIpc) is 3.01. The van der Waals surface area contributed by atoms with Crippen LogP contribution in [0.2, 0.25) is 0 Å². The van der Waals surface area contributed by atoms with E-state index >= 15 is 0 Å². The summed E-state index contributed by atoms with van der Waals surface area (Å²) in [5.74, 6) is 0. The number of nitrogens with two attached hydrogens (primary N) is 1. The standard InChI is InChI=1S/C14H16N2O2S2/c1-10-6-12-4-2-3-5-13(12)16(10)20(17,18)14-7-11(8-15)9-19-14/h2-5,7,9-10H,6,8,15H2,1H3. The maximum Gasteiger partial charge on any atom is 0.274 e. The number of nitrogens with zero attached hydrogens (tertiary/aromatic N) is 1. The molecule has 3 rings (SSSR count). The molecule has 0 bridgehead atoms. The first-order valence-corrected chi connectivity index (χ1v) is 8.76. The van der Waals surface area contributed by atoms with Crippen molar-refractivity contribution < 1.29 is 8.42 Å². The fourth-order valence-electron chi connectivity index (χ4n) is 2.60. The highest BCUT2D eigenvalue weighted by Crippen LogP contribution is 2.37. The Morgan fingerprint density at radius 1 is 1.40 bits per heavy atom. The molecule has 0 saturated carbocycles. The zero-order valence-electron chi connectivity index (χ0n) is 11.1. The fourth-order valence-corrected chi connectivity index (χ4v) is 5.60. The van der Waals surface area contributed by atoms with Crippen LogP contribution in [0.15, 0.2) is 39.9 Å². The highest BCUT2D eigenvalue weighted by atomic mass is 32.2. The molecule has 20 heavy (non-hydrogen) atoms. The minimum atomic E-state index is -3.49. The molecule has 1 unspecified atom stereocenters. The van der Waals surface area contributed by atoms with Crippen molar-refractivity contribution >= 4 is 27.0 Å². The molecule has 1 aliphatic rings. The van der Waals surface area contributed by atoms with Crippen molar-refractivity contribution in [2.24, 2.45) is 5.73 Å². The number of hydrogen-bond donors (Lipinski definition) is 1. The monoisotopic (exact) mass is 308 g/mol. The number of anilines is 1. The first-order chi connectivity index (χ1) is 9.54. The molecule has 1 atom stereocenters. The number of rotatable bonds is 3. The molecular weight excluding hydrogens is 292 g/mol.